The molecule has 1 aromatic heterocycles. The SMILES string of the molecule is c1ccc2nc(NCC3CCCN3)nnc2c1. The topological polar surface area (TPSA) is 62.7 Å². The molecule has 2 aromatic rings. The van der Waals surface area contributed by atoms with E-state index >= 15 is 0 Å². The van der Waals surface area contributed by atoms with Gasteiger partial charge in [-0.1, -0.05) is 12.1 Å². The van der Waals surface area contributed by atoms with Crippen LogP contribution in [-0.4, -0.2) is 34.3 Å². The molecule has 3 rings (SSSR count). The summed E-state index contributed by atoms with van der Waals surface area (Å²) < 4.78 is 0. The van der Waals surface area contributed by atoms with E-state index in [9.17, 15) is 0 Å². The first-order valence-electron chi connectivity index (χ1n) is 5.98. The largest absolute Gasteiger partial charge is 0.351 e. The summed E-state index contributed by atoms with van der Waals surface area (Å²) in [6, 6.07) is 8.29. The fourth-order valence-corrected chi connectivity index (χ4v) is 2.10. The second kappa shape index (κ2) is 4.63. The highest BCUT2D eigenvalue weighted by molar-refractivity contribution is 5.73. The highest BCUT2D eigenvalue weighted by atomic mass is 15.2. The third-order valence-corrected chi connectivity index (χ3v) is 3.03. The Labute approximate surface area is 99.7 Å². The van der Waals surface area contributed by atoms with Crippen molar-refractivity contribution in [3.63, 3.8) is 0 Å². The van der Waals surface area contributed by atoms with E-state index in [1.54, 1.807) is 0 Å². The van der Waals surface area contributed by atoms with Crippen LogP contribution in [-0.2, 0) is 0 Å². The molecule has 5 heteroatoms. The quantitative estimate of drug-likeness (QED) is 0.827. The molecule has 88 valence electrons. The first kappa shape index (κ1) is 10.4. The maximum absolute atomic E-state index is 4.42. The lowest BCUT2D eigenvalue weighted by atomic mass is 10.2. The Bertz CT molecular complexity index is 507. The molecule has 2 heterocycles. The lowest BCUT2D eigenvalue weighted by Crippen LogP contribution is -2.29. The molecule has 1 unspecified atom stereocenters. The Kier molecular flexibility index (Phi) is 2.83. The molecule has 0 spiro atoms. The van der Waals surface area contributed by atoms with Gasteiger partial charge in [0.1, 0.15) is 5.52 Å². The van der Waals surface area contributed by atoms with E-state index < -0.39 is 0 Å². The van der Waals surface area contributed by atoms with Gasteiger partial charge in [-0.05, 0) is 31.5 Å². The van der Waals surface area contributed by atoms with Crippen LogP contribution < -0.4 is 10.6 Å². The summed E-state index contributed by atoms with van der Waals surface area (Å²) in [5.74, 6) is 0.609. The second-order valence-corrected chi connectivity index (χ2v) is 4.30. The molecule has 1 aliphatic heterocycles. The van der Waals surface area contributed by atoms with Crippen LogP contribution in [0.1, 0.15) is 12.8 Å². The molecule has 0 aliphatic carbocycles. The zero-order chi connectivity index (χ0) is 11.5. The van der Waals surface area contributed by atoms with Gasteiger partial charge in [0, 0.05) is 12.6 Å². The molecular formula is C12H15N5. The summed E-state index contributed by atoms with van der Waals surface area (Å²) in [5, 5.41) is 14.9. The fourth-order valence-electron chi connectivity index (χ4n) is 2.10. The van der Waals surface area contributed by atoms with Crippen LogP contribution in [0.2, 0.25) is 0 Å². The van der Waals surface area contributed by atoms with Crippen molar-refractivity contribution in [1.29, 1.82) is 0 Å². The summed E-state index contributed by atoms with van der Waals surface area (Å²) in [4.78, 5) is 4.42. The number of anilines is 1. The van der Waals surface area contributed by atoms with Crippen molar-refractivity contribution in [1.82, 2.24) is 20.5 Å². The van der Waals surface area contributed by atoms with Crippen molar-refractivity contribution in [3.8, 4) is 0 Å². The first-order valence-corrected chi connectivity index (χ1v) is 5.98. The first-order chi connectivity index (χ1) is 8.42. The van der Waals surface area contributed by atoms with Crippen LogP contribution >= 0.6 is 0 Å². The molecule has 0 amide bonds. The number of nitrogens with zero attached hydrogens (tertiary/aromatic N) is 3. The van der Waals surface area contributed by atoms with E-state index in [0.717, 1.165) is 24.1 Å². The van der Waals surface area contributed by atoms with Crippen LogP contribution in [0.3, 0.4) is 0 Å². The van der Waals surface area contributed by atoms with Crippen molar-refractivity contribution >= 4 is 17.0 Å². The van der Waals surface area contributed by atoms with Gasteiger partial charge >= 0.3 is 0 Å². The zero-order valence-electron chi connectivity index (χ0n) is 9.56. The monoisotopic (exact) mass is 229 g/mol. The minimum Gasteiger partial charge on any atom is -0.351 e. The van der Waals surface area contributed by atoms with Crippen molar-refractivity contribution in [2.24, 2.45) is 0 Å². The van der Waals surface area contributed by atoms with Gasteiger partial charge in [0.15, 0.2) is 0 Å². The summed E-state index contributed by atoms with van der Waals surface area (Å²) in [7, 11) is 0. The lowest BCUT2D eigenvalue weighted by molar-refractivity contribution is 0.630. The molecule has 5 nitrogen and oxygen atoms in total. The van der Waals surface area contributed by atoms with Crippen LogP contribution in [0, 0.1) is 0 Å². The summed E-state index contributed by atoms with van der Waals surface area (Å²) in [5.41, 5.74) is 1.71. The molecule has 17 heavy (non-hydrogen) atoms. The summed E-state index contributed by atoms with van der Waals surface area (Å²) >= 11 is 0. The van der Waals surface area contributed by atoms with Gasteiger partial charge in [-0.15, -0.1) is 10.2 Å². The standard InChI is InChI=1S/C12H15N5/c1-2-6-11-10(5-1)15-12(17-16-11)14-8-9-4-3-7-13-9/h1-2,5-6,9,13H,3-4,7-8H2,(H,14,15,17). The number of aromatic nitrogens is 3. The van der Waals surface area contributed by atoms with Crippen LogP contribution in [0.15, 0.2) is 24.3 Å². The minimum atomic E-state index is 0.532. The van der Waals surface area contributed by atoms with E-state index in [1.807, 2.05) is 24.3 Å². The molecule has 2 N–H and O–H groups in total. The maximum Gasteiger partial charge on any atom is 0.243 e. The number of hydrogen-bond donors (Lipinski definition) is 2. The van der Waals surface area contributed by atoms with E-state index in [4.69, 9.17) is 0 Å². The molecule has 1 fully saturated rings. The van der Waals surface area contributed by atoms with E-state index in [-0.39, 0.29) is 0 Å². The number of rotatable bonds is 3. The maximum atomic E-state index is 4.42. The molecule has 0 saturated carbocycles. The van der Waals surface area contributed by atoms with Gasteiger partial charge in [0.2, 0.25) is 5.95 Å². The van der Waals surface area contributed by atoms with E-state index in [1.165, 1.54) is 12.8 Å². The highest BCUT2D eigenvalue weighted by Gasteiger charge is 2.13. The third kappa shape index (κ3) is 2.34. The average Bonchev–Trinajstić information content (AvgIpc) is 2.89. The van der Waals surface area contributed by atoms with Crippen LogP contribution in [0.5, 0.6) is 0 Å². The van der Waals surface area contributed by atoms with Crippen LogP contribution in [0.25, 0.3) is 11.0 Å². The molecule has 1 saturated heterocycles. The Hall–Kier alpha value is -1.75. The Balaban J connectivity index is 1.72. The molecule has 1 aliphatic rings. The highest BCUT2D eigenvalue weighted by Crippen LogP contribution is 2.10. The predicted octanol–water partition coefficient (Wildman–Crippen LogP) is 1.19. The lowest BCUT2D eigenvalue weighted by Gasteiger charge is -2.10. The van der Waals surface area contributed by atoms with Gasteiger partial charge in [0.25, 0.3) is 0 Å². The van der Waals surface area contributed by atoms with Crippen molar-refractivity contribution < 1.29 is 0 Å². The Morgan fingerprint density at radius 1 is 1.24 bits per heavy atom. The molecule has 0 radical (unpaired) electrons. The van der Waals surface area contributed by atoms with Crippen molar-refractivity contribution in [3.05, 3.63) is 24.3 Å². The van der Waals surface area contributed by atoms with E-state index in [0.29, 0.717) is 12.0 Å². The van der Waals surface area contributed by atoms with E-state index in [2.05, 4.69) is 25.8 Å². The normalized spacial score (nSPS) is 19.6. The Morgan fingerprint density at radius 3 is 2.94 bits per heavy atom. The zero-order valence-corrected chi connectivity index (χ0v) is 9.56. The van der Waals surface area contributed by atoms with Gasteiger partial charge in [-0.3, -0.25) is 0 Å². The fraction of sp³-hybridized carbons (Fsp3) is 0.417. The molecule has 0 bridgehead atoms. The molecule has 1 aromatic carbocycles. The van der Waals surface area contributed by atoms with Gasteiger partial charge in [0.05, 0.1) is 5.52 Å². The Morgan fingerprint density at radius 2 is 2.12 bits per heavy atom. The van der Waals surface area contributed by atoms with Gasteiger partial charge in [-0.25, -0.2) is 4.98 Å². The summed E-state index contributed by atoms with van der Waals surface area (Å²) in [6.07, 6.45) is 2.47. The third-order valence-electron chi connectivity index (χ3n) is 3.03. The van der Waals surface area contributed by atoms with Crippen LogP contribution in [0.4, 0.5) is 5.95 Å². The number of para-hydroxylation sites is 1. The van der Waals surface area contributed by atoms with Gasteiger partial charge < -0.3 is 10.6 Å². The number of hydrogen-bond acceptors (Lipinski definition) is 5. The molecule has 1 atom stereocenters. The predicted molar refractivity (Wildman–Crippen MR) is 66.8 cm³/mol. The number of fused-ring (bicyclic) bond motifs is 1. The van der Waals surface area contributed by atoms with Crippen molar-refractivity contribution in [2.45, 2.75) is 18.9 Å². The smallest absolute Gasteiger partial charge is 0.243 e. The minimum absolute atomic E-state index is 0.532. The summed E-state index contributed by atoms with van der Waals surface area (Å²) in [6.45, 7) is 1.98. The van der Waals surface area contributed by atoms with Crippen molar-refractivity contribution in [2.75, 3.05) is 18.4 Å². The second-order valence-electron chi connectivity index (χ2n) is 4.30. The number of benzene rings is 1. The van der Waals surface area contributed by atoms with Gasteiger partial charge in [-0.2, -0.15) is 0 Å². The number of nitrogens with one attached hydrogen (secondary N) is 2. The average molecular weight is 229 g/mol. The molecular weight excluding hydrogens is 214 g/mol.